The molecule has 2 heterocycles. The SMILES string of the molecule is CC(C)C[C@H](N)c1nnc2sc(SCc3cccc(Cl)c3)nn12. The summed E-state index contributed by atoms with van der Waals surface area (Å²) in [5.74, 6) is 2.06. The van der Waals surface area contributed by atoms with Crippen LogP contribution in [-0.2, 0) is 5.75 Å². The van der Waals surface area contributed by atoms with Gasteiger partial charge in [0.25, 0.3) is 0 Å². The van der Waals surface area contributed by atoms with Crippen molar-refractivity contribution >= 4 is 39.7 Å². The highest BCUT2D eigenvalue weighted by Gasteiger charge is 2.18. The second kappa shape index (κ2) is 7.17. The van der Waals surface area contributed by atoms with Crippen LogP contribution in [0.4, 0.5) is 0 Å². The summed E-state index contributed by atoms with van der Waals surface area (Å²) in [5, 5.41) is 13.7. The number of thioether (sulfide) groups is 1. The van der Waals surface area contributed by atoms with E-state index in [9.17, 15) is 0 Å². The number of halogens is 1. The summed E-state index contributed by atoms with van der Waals surface area (Å²) in [6.45, 7) is 4.29. The van der Waals surface area contributed by atoms with Crippen LogP contribution in [0.3, 0.4) is 0 Å². The Morgan fingerprint density at radius 2 is 2.17 bits per heavy atom. The fourth-order valence-corrected chi connectivity index (χ4v) is 4.33. The van der Waals surface area contributed by atoms with Crippen LogP contribution in [0.15, 0.2) is 28.6 Å². The highest BCUT2D eigenvalue weighted by molar-refractivity contribution is 8.00. The molecule has 0 fully saturated rings. The van der Waals surface area contributed by atoms with Crippen molar-refractivity contribution in [1.82, 2.24) is 19.8 Å². The summed E-state index contributed by atoms with van der Waals surface area (Å²) in [4.78, 5) is 0.785. The van der Waals surface area contributed by atoms with Crippen molar-refractivity contribution in [3.05, 3.63) is 40.7 Å². The van der Waals surface area contributed by atoms with Crippen LogP contribution < -0.4 is 5.73 Å². The maximum Gasteiger partial charge on any atom is 0.235 e. The zero-order chi connectivity index (χ0) is 16.4. The van der Waals surface area contributed by atoms with Gasteiger partial charge in [0.05, 0.1) is 6.04 Å². The molecule has 0 unspecified atom stereocenters. The lowest BCUT2D eigenvalue weighted by molar-refractivity contribution is 0.485. The lowest BCUT2D eigenvalue weighted by Gasteiger charge is -2.10. The fraction of sp³-hybridized carbons (Fsp3) is 0.400. The summed E-state index contributed by atoms with van der Waals surface area (Å²) >= 11 is 9.21. The monoisotopic (exact) mass is 367 g/mol. The maximum absolute atomic E-state index is 6.22. The Morgan fingerprint density at radius 1 is 1.35 bits per heavy atom. The summed E-state index contributed by atoms with van der Waals surface area (Å²) in [7, 11) is 0. The molecule has 0 saturated heterocycles. The van der Waals surface area contributed by atoms with Crippen LogP contribution in [0.5, 0.6) is 0 Å². The first-order valence-corrected chi connectivity index (χ1v) is 9.56. The number of nitrogens with zero attached hydrogens (tertiary/aromatic N) is 4. The van der Waals surface area contributed by atoms with E-state index in [1.807, 2.05) is 18.2 Å². The Bertz CT molecular complexity index is 798. The summed E-state index contributed by atoms with van der Waals surface area (Å²) in [6.07, 6.45) is 0.864. The van der Waals surface area contributed by atoms with Crippen molar-refractivity contribution in [2.45, 2.75) is 36.4 Å². The molecule has 5 nitrogen and oxygen atoms in total. The average Bonchev–Trinajstić information content (AvgIpc) is 3.04. The minimum absolute atomic E-state index is 0.141. The lowest BCUT2D eigenvalue weighted by atomic mass is 10.0. The van der Waals surface area contributed by atoms with Crippen LogP contribution in [-0.4, -0.2) is 19.8 Å². The van der Waals surface area contributed by atoms with E-state index >= 15 is 0 Å². The molecule has 3 rings (SSSR count). The van der Waals surface area contributed by atoms with E-state index in [-0.39, 0.29) is 6.04 Å². The molecule has 23 heavy (non-hydrogen) atoms. The Kier molecular flexibility index (Phi) is 5.21. The third-order valence-electron chi connectivity index (χ3n) is 3.30. The van der Waals surface area contributed by atoms with Gasteiger partial charge >= 0.3 is 0 Å². The first-order valence-electron chi connectivity index (χ1n) is 7.38. The molecular weight excluding hydrogens is 350 g/mol. The van der Waals surface area contributed by atoms with Crippen LogP contribution >= 0.6 is 34.7 Å². The highest BCUT2D eigenvalue weighted by atomic mass is 35.5. The molecular formula is C15H18ClN5S2. The molecule has 0 saturated carbocycles. The second-order valence-electron chi connectivity index (χ2n) is 5.78. The topological polar surface area (TPSA) is 69.1 Å². The van der Waals surface area contributed by atoms with Gasteiger partial charge in [-0.1, -0.05) is 60.7 Å². The fourth-order valence-electron chi connectivity index (χ4n) is 2.29. The van der Waals surface area contributed by atoms with Crippen LogP contribution in [0.2, 0.25) is 5.02 Å². The molecule has 0 aliphatic heterocycles. The summed E-state index contributed by atoms with van der Waals surface area (Å²) in [6, 6.07) is 7.72. The molecule has 8 heteroatoms. The van der Waals surface area contributed by atoms with Crippen molar-refractivity contribution in [3.63, 3.8) is 0 Å². The van der Waals surface area contributed by atoms with Crippen LogP contribution in [0, 0.1) is 5.92 Å². The minimum Gasteiger partial charge on any atom is -0.321 e. The highest BCUT2D eigenvalue weighted by Crippen LogP contribution is 2.29. The molecule has 0 amide bonds. The minimum atomic E-state index is -0.141. The predicted molar refractivity (Wildman–Crippen MR) is 96.1 cm³/mol. The van der Waals surface area contributed by atoms with E-state index < -0.39 is 0 Å². The molecule has 2 N–H and O–H groups in total. The number of hydrogen-bond acceptors (Lipinski definition) is 6. The molecule has 122 valence electrons. The zero-order valence-electron chi connectivity index (χ0n) is 12.9. The molecule has 0 bridgehead atoms. The first kappa shape index (κ1) is 16.7. The summed E-state index contributed by atoms with van der Waals surface area (Å²) in [5.41, 5.74) is 7.39. The molecule has 1 aromatic carbocycles. The average molecular weight is 368 g/mol. The van der Waals surface area contributed by atoms with Gasteiger partial charge in [0.2, 0.25) is 4.96 Å². The van der Waals surface area contributed by atoms with Crippen molar-refractivity contribution < 1.29 is 0 Å². The third kappa shape index (κ3) is 4.03. The molecule has 3 aromatic rings. The van der Waals surface area contributed by atoms with Crippen molar-refractivity contribution in [3.8, 4) is 0 Å². The van der Waals surface area contributed by atoms with Gasteiger partial charge in [-0.3, -0.25) is 0 Å². The smallest absolute Gasteiger partial charge is 0.235 e. The Hall–Kier alpha value is -1.15. The quantitative estimate of drug-likeness (QED) is 0.662. The Morgan fingerprint density at radius 3 is 2.91 bits per heavy atom. The third-order valence-corrected chi connectivity index (χ3v) is 5.64. The molecule has 2 aromatic heterocycles. The predicted octanol–water partition coefficient (Wildman–Crippen LogP) is 4.18. The van der Waals surface area contributed by atoms with Gasteiger partial charge in [-0.2, -0.15) is 4.52 Å². The standard InChI is InChI=1S/C15H18ClN5S2/c1-9(2)6-12(17)13-18-19-14-21(13)20-15(23-14)22-8-10-4-3-5-11(16)7-10/h3-5,7,9,12H,6,8,17H2,1-2H3/t12-/m0/s1. The van der Waals surface area contributed by atoms with E-state index in [0.717, 1.165) is 32.3 Å². The Labute approximate surface area is 148 Å². The van der Waals surface area contributed by atoms with Gasteiger partial charge in [0, 0.05) is 10.8 Å². The number of aromatic nitrogens is 4. The number of nitrogens with two attached hydrogens (primary N) is 1. The number of benzene rings is 1. The van der Waals surface area contributed by atoms with Gasteiger partial charge < -0.3 is 5.73 Å². The van der Waals surface area contributed by atoms with Crippen LogP contribution in [0.1, 0.15) is 37.7 Å². The second-order valence-corrected chi connectivity index (χ2v) is 8.39. The molecule has 0 aliphatic carbocycles. The molecule has 0 radical (unpaired) electrons. The summed E-state index contributed by atoms with van der Waals surface area (Å²) < 4.78 is 2.73. The maximum atomic E-state index is 6.22. The van der Waals surface area contributed by atoms with Gasteiger partial charge in [-0.25, -0.2) is 0 Å². The normalized spacial score (nSPS) is 13.1. The van der Waals surface area contributed by atoms with E-state index in [2.05, 4.69) is 35.2 Å². The van der Waals surface area contributed by atoms with E-state index in [4.69, 9.17) is 17.3 Å². The van der Waals surface area contributed by atoms with Crippen molar-refractivity contribution in [1.29, 1.82) is 0 Å². The largest absolute Gasteiger partial charge is 0.321 e. The zero-order valence-corrected chi connectivity index (χ0v) is 15.3. The first-order chi connectivity index (χ1) is 11.0. The number of rotatable bonds is 6. The van der Waals surface area contributed by atoms with Crippen molar-refractivity contribution in [2.75, 3.05) is 0 Å². The van der Waals surface area contributed by atoms with Gasteiger partial charge in [0.1, 0.15) is 0 Å². The van der Waals surface area contributed by atoms with Crippen molar-refractivity contribution in [2.24, 2.45) is 11.7 Å². The lowest BCUT2D eigenvalue weighted by Crippen LogP contribution is -2.16. The van der Waals surface area contributed by atoms with E-state index in [0.29, 0.717) is 5.92 Å². The van der Waals surface area contributed by atoms with Gasteiger partial charge in [-0.05, 0) is 30.0 Å². The van der Waals surface area contributed by atoms with E-state index in [1.54, 1.807) is 16.3 Å². The van der Waals surface area contributed by atoms with Gasteiger partial charge in [-0.15, -0.1) is 15.3 Å². The number of hydrogen-bond donors (Lipinski definition) is 1. The molecule has 1 atom stereocenters. The number of fused-ring (bicyclic) bond motifs is 1. The molecule has 0 aliphatic rings. The van der Waals surface area contributed by atoms with Gasteiger partial charge in [0.15, 0.2) is 10.2 Å². The van der Waals surface area contributed by atoms with Crippen LogP contribution in [0.25, 0.3) is 4.96 Å². The Balaban J connectivity index is 1.74. The molecule has 0 spiro atoms. The van der Waals surface area contributed by atoms with E-state index in [1.165, 1.54) is 16.9 Å².